The minimum atomic E-state index is 0.387. The summed E-state index contributed by atoms with van der Waals surface area (Å²) in [4.78, 5) is 0. The normalized spacial score (nSPS) is 19.9. The van der Waals surface area contributed by atoms with Crippen LogP contribution in [0.4, 0.5) is 0 Å². The maximum absolute atomic E-state index is 5.51. The molecule has 0 radical (unpaired) electrons. The molecule has 1 fully saturated rings. The summed E-state index contributed by atoms with van der Waals surface area (Å²) in [7, 11) is 0. The Balaban J connectivity index is 1.74. The molecular weight excluding hydrogens is 317 g/mol. The van der Waals surface area contributed by atoms with Gasteiger partial charge in [-0.05, 0) is 53.0 Å². The highest BCUT2D eigenvalue weighted by Crippen LogP contribution is 2.28. The Morgan fingerprint density at radius 1 is 1.38 bits per heavy atom. The van der Waals surface area contributed by atoms with E-state index in [9.17, 15) is 0 Å². The van der Waals surface area contributed by atoms with Crippen LogP contribution in [-0.2, 0) is 11.3 Å². The Hall–Kier alpha value is -0.0700. The maximum atomic E-state index is 5.51. The van der Waals surface area contributed by atoms with E-state index in [0.717, 1.165) is 48.7 Å². The number of hydrogen-bond acceptors (Lipinski definition) is 3. The monoisotopic (exact) mass is 335 g/mol. The summed E-state index contributed by atoms with van der Waals surface area (Å²) in [6, 6.07) is 4.02. The van der Waals surface area contributed by atoms with Crippen LogP contribution in [-0.4, -0.2) is 19.8 Å². The molecule has 16 heavy (non-hydrogen) atoms. The zero-order valence-corrected chi connectivity index (χ0v) is 11.7. The van der Waals surface area contributed by atoms with E-state index in [2.05, 4.69) is 34.8 Å². The molecule has 0 unspecified atom stereocenters. The second-order valence-corrected chi connectivity index (χ2v) is 5.80. The molecule has 0 bridgehead atoms. The lowest BCUT2D eigenvalue weighted by Gasteiger charge is -2.33. The number of ether oxygens (including phenoxy) is 1. The molecule has 1 saturated heterocycles. The van der Waals surface area contributed by atoms with Gasteiger partial charge in [-0.15, -0.1) is 0 Å². The van der Waals surface area contributed by atoms with E-state index >= 15 is 0 Å². The number of rotatable bonds is 4. The minimum absolute atomic E-state index is 0.387. The molecule has 90 valence electrons. The van der Waals surface area contributed by atoms with Crippen LogP contribution in [0.25, 0.3) is 0 Å². The third-order valence-electron chi connectivity index (χ3n) is 3.18. The van der Waals surface area contributed by atoms with Crippen molar-refractivity contribution in [2.24, 2.45) is 5.41 Å². The lowest BCUT2D eigenvalue weighted by molar-refractivity contribution is 0.0238. The van der Waals surface area contributed by atoms with Crippen molar-refractivity contribution >= 4 is 22.6 Å². The van der Waals surface area contributed by atoms with Crippen LogP contribution in [0.3, 0.4) is 0 Å². The van der Waals surface area contributed by atoms with Gasteiger partial charge >= 0.3 is 0 Å². The molecule has 0 amide bonds. The third kappa shape index (κ3) is 3.46. The van der Waals surface area contributed by atoms with E-state index in [4.69, 9.17) is 9.15 Å². The molecule has 2 heterocycles. The predicted octanol–water partition coefficient (Wildman–Crippen LogP) is 2.79. The van der Waals surface area contributed by atoms with E-state index in [-0.39, 0.29) is 0 Å². The fraction of sp³-hybridized carbons (Fsp3) is 0.667. The minimum Gasteiger partial charge on any atom is -0.454 e. The number of furan rings is 1. The van der Waals surface area contributed by atoms with Gasteiger partial charge in [-0.25, -0.2) is 0 Å². The SMILES string of the molecule is CC1(CNCc2ccc(I)o2)CCOCC1. The van der Waals surface area contributed by atoms with Crippen LogP contribution < -0.4 is 5.32 Å². The smallest absolute Gasteiger partial charge is 0.164 e. The number of hydrogen-bond donors (Lipinski definition) is 1. The van der Waals surface area contributed by atoms with Crippen LogP contribution in [0.5, 0.6) is 0 Å². The van der Waals surface area contributed by atoms with E-state index in [0.29, 0.717) is 5.41 Å². The van der Waals surface area contributed by atoms with Gasteiger partial charge in [0.15, 0.2) is 3.77 Å². The van der Waals surface area contributed by atoms with Gasteiger partial charge in [0.1, 0.15) is 5.76 Å². The highest BCUT2D eigenvalue weighted by atomic mass is 127. The van der Waals surface area contributed by atoms with Gasteiger partial charge in [-0.3, -0.25) is 0 Å². The summed E-state index contributed by atoms with van der Waals surface area (Å²) < 4.78 is 11.8. The quantitative estimate of drug-likeness (QED) is 0.860. The van der Waals surface area contributed by atoms with Gasteiger partial charge < -0.3 is 14.5 Å². The zero-order chi connectivity index (χ0) is 11.4. The van der Waals surface area contributed by atoms with Crippen molar-refractivity contribution in [1.29, 1.82) is 0 Å². The van der Waals surface area contributed by atoms with Crippen LogP contribution >= 0.6 is 22.6 Å². The van der Waals surface area contributed by atoms with Gasteiger partial charge in [-0.2, -0.15) is 0 Å². The van der Waals surface area contributed by atoms with Gasteiger partial charge in [-0.1, -0.05) is 6.92 Å². The molecule has 0 atom stereocenters. The van der Waals surface area contributed by atoms with Gasteiger partial charge in [0.25, 0.3) is 0 Å². The highest BCUT2D eigenvalue weighted by molar-refractivity contribution is 14.1. The summed E-state index contributed by atoms with van der Waals surface area (Å²) in [5.74, 6) is 1.01. The van der Waals surface area contributed by atoms with Gasteiger partial charge in [0.05, 0.1) is 6.54 Å². The first-order chi connectivity index (χ1) is 7.68. The molecule has 2 rings (SSSR count). The molecule has 0 saturated carbocycles. The van der Waals surface area contributed by atoms with Crippen molar-refractivity contribution in [1.82, 2.24) is 5.32 Å². The zero-order valence-electron chi connectivity index (χ0n) is 9.59. The second-order valence-electron chi connectivity index (χ2n) is 4.73. The summed E-state index contributed by atoms with van der Waals surface area (Å²) >= 11 is 2.19. The van der Waals surface area contributed by atoms with Crippen molar-refractivity contribution in [2.45, 2.75) is 26.3 Å². The Morgan fingerprint density at radius 3 is 2.75 bits per heavy atom. The molecule has 3 nitrogen and oxygen atoms in total. The molecular formula is C12H18INO2. The Morgan fingerprint density at radius 2 is 2.12 bits per heavy atom. The maximum Gasteiger partial charge on any atom is 0.164 e. The van der Waals surface area contributed by atoms with Crippen LogP contribution in [0, 0.1) is 9.18 Å². The summed E-state index contributed by atoms with van der Waals surface area (Å²) in [6.45, 7) is 5.98. The van der Waals surface area contributed by atoms with Crippen molar-refractivity contribution in [2.75, 3.05) is 19.8 Å². The summed E-state index contributed by atoms with van der Waals surface area (Å²) in [6.07, 6.45) is 2.30. The van der Waals surface area contributed by atoms with Crippen molar-refractivity contribution in [3.63, 3.8) is 0 Å². The molecule has 4 heteroatoms. The second kappa shape index (κ2) is 5.51. The number of halogens is 1. The first-order valence-corrected chi connectivity index (χ1v) is 6.79. The standard InChI is InChI=1S/C12H18INO2/c1-12(4-6-15-7-5-12)9-14-8-10-2-3-11(13)16-10/h2-3,14H,4-9H2,1H3. The Bertz CT molecular complexity index is 332. The molecule has 1 aliphatic rings. The molecule has 0 aromatic carbocycles. The number of nitrogens with one attached hydrogen (secondary N) is 1. The van der Waals surface area contributed by atoms with Crippen molar-refractivity contribution in [3.8, 4) is 0 Å². The first-order valence-electron chi connectivity index (χ1n) is 5.71. The molecule has 1 aliphatic heterocycles. The molecule has 1 aromatic heterocycles. The topological polar surface area (TPSA) is 34.4 Å². The highest BCUT2D eigenvalue weighted by Gasteiger charge is 2.26. The molecule has 0 spiro atoms. The van der Waals surface area contributed by atoms with E-state index in [1.165, 1.54) is 0 Å². The van der Waals surface area contributed by atoms with E-state index < -0.39 is 0 Å². The lowest BCUT2D eigenvalue weighted by Crippen LogP contribution is -2.36. The van der Waals surface area contributed by atoms with Crippen molar-refractivity contribution in [3.05, 3.63) is 21.7 Å². The van der Waals surface area contributed by atoms with E-state index in [1.807, 2.05) is 12.1 Å². The fourth-order valence-corrected chi connectivity index (χ4v) is 2.44. The molecule has 0 aliphatic carbocycles. The van der Waals surface area contributed by atoms with Gasteiger partial charge in [0.2, 0.25) is 0 Å². The van der Waals surface area contributed by atoms with Crippen LogP contribution in [0.2, 0.25) is 0 Å². The average Bonchev–Trinajstić information content (AvgIpc) is 2.65. The van der Waals surface area contributed by atoms with Gasteiger partial charge in [0, 0.05) is 19.8 Å². The average molecular weight is 335 g/mol. The Kier molecular flexibility index (Phi) is 4.27. The third-order valence-corrected chi connectivity index (χ3v) is 3.76. The summed E-state index contributed by atoms with van der Waals surface area (Å²) in [5.41, 5.74) is 0.387. The first kappa shape index (κ1) is 12.4. The van der Waals surface area contributed by atoms with Crippen LogP contribution in [0.1, 0.15) is 25.5 Å². The predicted molar refractivity (Wildman–Crippen MR) is 71.3 cm³/mol. The Labute approximate surface area is 110 Å². The largest absolute Gasteiger partial charge is 0.454 e. The molecule has 1 aromatic rings. The van der Waals surface area contributed by atoms with E-state index in [1.54, 1.807) is 0 Å². The summed E-state index contributed by atoms with van der Waals surface area (Å²) in [5, 5.41) is 3.47. The lowest BCUT2D eigenvalue weighted by atomic mass is 9.82. The van der Waals surface area contributed by atoms with Crippen molar-refractivity contribution < 1.29 is 9.15 Å². The van der Waals surface area contributed by atoms with Crippen LogP contribution in [0.15, 0.2) is 16.5 Å². The molecule has 1 N–H and O–H groups in total. The fourth-order valence-electron chi connectivity index (χ4n) is 1.98.